The second-order valence-corrected chi connectivity index (χ2v) is 5.36. The molecule has 0 fully saturated rings. The molecule has 2 aromatic carbocycles. The van der Waals surface area contributed by atoms with E-state index in [0.717, 1.165) is 22.2 Å². The maximum atomic E-state index is 12.7. The first kappa shape index (κ1) is 14.1. The van der Waals surface area contributed by atoms with Gasteiger partial charge in [-0.05, 0) is 12.1 Å². The van der Waals surface area contributed by atoms with Gasteiger partial charge in [0.25, 0.3) is 5.91 Å². The number of rotatable bonds is 3. The van der Waals surface area contributed by atoms with E-state index in [-0.39, 0.29) is 5.91 Å². The van der Waals surface area contributed by atoms with Crippen LogP contribution in [-0.2, 0) is 0 Å². The van der Waals surface area contributed by atoms with Crippen LogP contribution in [0.1, 0.15) is 10.4 Å². The number of H-pyrrole nitrogens is 1. The van der Waals surface area contributed by atoms with Crippen LogP contribution in [0, 0.1) is 0 Å². The number of anilines is 1. The average Bonchev–Trinajstić information content (AvgIpc) is 3.14. The first-order valence-corrected chi connectivity index (χ1v) is 7.57. The first-order valence-electron chi connectivity index (χ1n) is 7.57. The average molecular weight is 314 g/mol. The fraction of sp³-hybridized carbons (Fsp3) is 0. The lowest BCUT2D eigenvalue weighted by atomic mass is 10.0. The number of para-hydroxylation sites is 1. The van der Waals surface area contributed by atoms with Crippen LogP contribution in [-0.4, -0.2) is 21.1 Å². The number of hydrogen-bond acceptors (Lipinski definition) is 3. The number of carbonyl (C=O) groups is 1. The third kappa shape index (κ3) is 2.63. The predicted molar refractivity (Wildman–Crippen MR) is 93.7 cm³/mol. The van der Waals surface area contributed by atoms with Gasteiger partial charge in [0.05, 0.1) is 23.0 Å². The van der Waals surface area contributed by atoms with Crippen LogP contribution in [0.4, 0.5) is 5.82 Å². The monoisotopic (exact) mass is 314 g/mol. The van der Waals surface area contributed by atoms with Crippen LogP contribution in [0.3, 0.4) is 0 Å². The zero-order valence-corrected chi connectivity index (χ0v) is 12.7. The molecule has 4 aromatic rings. The molecule has 0 saturated heterocycles. The van der Waals surface area contributed by atoms with Crippen LogP contribution in [0.25, 0.3) is 22.2 Å². The zero-order valence-electron chi connectivity index (χ0n) is 12.7. The normalized spacial score (nSPS) is 10.7. The van der Waals surface area contributed by atoms with E-state index < -0.39 is 0 Å². The Bertz CT molecular complexity index is 995. The Morgan fingerprint density at radius 1 is 0.958 bits per heavy atom. The highest BCUT2D eigenvalue weighted by atomic mass is 16.1. The summed E-state index contributed by atoms with van der Waals surface area (Å²) in [5, 5.41) is 10.2. The minimum absolute atomic E-state index is 0.199. The summed E-state index contributed by atoms with van der Waals surface area (Å²) in [6, 6.07) is 21.0. The molecule has 1 amide bonds. The standard InChI is InChI=1S/C19H14N4O/c24-19(22-18-10-11-20-23-18)15-12-17(13-6-2-1-3-7-13)21-16-9-5-4-8-14(15)16/h1-12H,(H2,20,22,23,24). The van der Waals surface area contributed by atoms with Crippen molar-refractivity contribution in [3.05, 3.63) is 78.5 Å². The first-order chi connectivity index (χ1) is 11.8. The Morgan fingerprint density at radius 3 is 2.54 bits per heavy atom. The highest BCUT2D eigenvalue weighted by molar-refractivity contribution is 6.12. The maximum absolute atomic E-state index is 12.7. The van der Waals surface area contributed by atoms with E-state index in [2.05, 4.69) is 20.5 Å². The summed E-state index contributed by atoms with van der Waals surface area (Å²) in [6.07, 6.45) is 1.59. The summed E-state index contributed by atoms with van der Waals surface area (Å²) in [5.74, 6) is 0.359. The van der Waals surface area contributed by atoms with Crippen molar-refractivity contribution in [3.8, 4) is 11.3 Å². The van der Waals surface area contributed by atoms with Crippen molar-refractivity contribution in [3.63, 3.8) is 0 Å². The fourth-order valence-corrected chi connectivity index (χ4v) is 2.64. The molecule has 24 heavy (non-hydrogen) atoms. The van der Waals surface area contributed by atoms with Crippen molar-refractivity contribution in [2.24, 2.45) is 0 Å². The van der Waals surface area contributed by atoms with Gasteiger partial charge >= 0.3 is 0 Å². The van der Waals surface area contributed by atoms with E-state index in [1.807, 2.05) is 60.7 Å². The zero-order chi connectivity index (χ0) is 16.4. The van der Waals surface area contributed by atoms with E-state index in [1.165, 1.54) is 0 Å². The van der Waals surface area contributed by atoms with Crippen molar-refractivity contribution in [2.45, 2.75) is 0 Å². The lowest BCUT2D eigenvalue weighted by Gasteiger charge is -2.10. The molecule has 0 radical (unpaired) electrons. The summed E-state index contributed by atoms with van der Waals surface area (Å²) in [4.78, 5) is 17.4. The summed E-state index contributed by atoms with van der Waals surface area (Å²) in [5.41, 5.74) is 3.10. The van der Waals surface area contributed by atoms with Gasteiger partial charge in [-0.2, -0.15) is 5.10 Å². The molecule has 2 heterocycles. The molecule has 2 aromatic heterocycles. The number of pyridine rings is 1. The number of nitrogens with one attached hydrogen (secondary N) is 2. The van der Waals surface area contributed by atoms with Gasteiger partial charge in [0.1, 0.15) is 5.82 Å². The van der Waals surface area contributed by atoms with E-state index >= 15 is 0 Å². The minimum Gasteiger partial charge on any atom is -0.307 e. The van der Waals surface area contributed by atoms with Gasteiger partial charge in [0, 0.05) is 17.0 Å². The van der Waals surface area contributed by atoms with Gasteiger partial charge < -0.3 is 5.32 Å². The molecule has 5 heteroatoms. The summed E-state index contributed by atoms with van der Waals surface area (Å²) < 4.78 is 0. The second kappa shape index (κ2) is 5.96. The number of aromatic amines is 1. The van der Waals surface area contributed by atoms with E-state index in [9.17, 15) is 4.79 Å². The van der Waals surface area contributed by atoms with Crippen molar-refractivity contribution in [2.75, 3.05) is 5.32 Å². The van der Waals surface area contributed by atoms with Crippen LogP contribution < -0.4 is 5.32 Å². The highest BCUT2D eigenvalue weighted by Gasteiger charge is 2.14. The molecule has 0 aliphatic carbocycles. The molecule has 0 unspecified atom stereocenters. The summed E-state index contributed by atoms with van der Waals surface area (Å²) >= 11 is 0. The van der Waals surface area contributed by atoms with Gasteiger partial charge in [-0.25, -0.2) is 4.98 Å². The highest BCUT2D eigenvalue weighted by Crippen LogP contribution is 2.25. The van der Waals surface area contributed by atoms with Crippen molar-refractivity contribution < 1.29 is 4.79 Å². The fourth-order valence-electron chi connectivity index (χ4n) is 2.64. The molecule has 4 rings (SSSR count). The van der Waals surface area contributed by atoms with Crippen LogP contribution >= 0.6 is 0 Å². The van der Waals surface area contributed by atoms with Crippen molar-refractivity contribution >= 4 is 22.6 Å². The number of benzene rings is 2. The van der Waals surface area contributed by atoms with Gasteiger partial charge in [-0.3, -0.25) is 9.89 Å². The number of hydrogen-bond donors (Lipinski definition) is 2. The molecule has 0 atom stereocenters. The molecular formula is C19H14N4O. The molecule has 0 saturated carbocycles. The Morgan fingerprint density at radius 2 is 1.75 bits per heavy atom. The van der Waals surface area contributed by atoms with Gasteiger partial charge in [-0.1, -0.05) is 48.5 Å². The molecule has 2 N–H and O–H groups in total. The predicted octanol–water partition coefficient (Wildman–Crippen LogP) is 3.88. The van der Waals surface area contributed by atoms with E-state index in [1.54, 1.807) is 12.3 Å². The molecular weight excluding hydrogens is 300 g/mol. The van der Waals surface area contributed by atoms with Gasteiger partial charge in [-0.15, -0.1) is 0 Å². The van der Waals surface area contributed by atoms with Gasteiger partial charge in [0.2, 0.25) is 0 Å². The third-order valence-electron chi connectivity index (χ3n) is 3.78. The quantitative estimate of drug-likeness (QED) is 0.603. The number of fused-ring (bicyclic) bond motifs is 1. The Hall–Kier alpha value is -3.47. The summed E-state index contributed by atoms with van der Waals surface area (Å²) in [6.45, 7) is 0. The van der Waals surface area contributed by atoms with Crippen LogP contribution in [0.2, 0.25) is 0 Å². The Kier molecular flexibility index (Phi) is 3.51. The lowest BCUT2D eigenvalue weighted by Crippen LogP contribution is -2.13. The maximum Gasteiger partial charge on any atom is 0.257 e. The Labute approximate surface area is 138 Å². The van der Waals surface area contributed by atoms with Crippen molar-refractivity contribution in [1.29, 1.82) is 0 Å². The van der Waals surface area contributed by atoms with E-state index in [0.29, 0.717) is 11.4 Å². The van der Waals surface area contributed by atoms with Crippen LogP contribution in [0.5, 0.6) is 0 Å². The van der Waals surface area contributed by atoms with Gasteiger partial charge in [0.15, 0.2) is 0 Å². The number of nitrogens with zero attached hydrogens (tertiary/aromatic N) is 2. The largest absolute Gasteiger partial charge is 0.307 e. The number of amides is 1. The molecule has 0 spiro atoms. The minimum atomic E-state index is -0.199. The van der Waals surface area contributed by atoms with Crippen LogP contribution in [0.15, 0.2) is 72.9 Å². The summed E-state index contributed by atoms with van der Waals surface area (Å²) in [7, 11) is 0. The molecule has 116 valence electrons. The SMILES string of the molecule is O=C(Nc1ccn[nH]1)c1cc(-c2ccccc2)nc2ccccc12. The number of carbonyl (C=O) groups excluding carboxylic acids is 1. The number of aromatic nitrogens is 3. The molecule has 5 nitrogen and oxygen atoms in total. The topological polar surface area (TPSA) is 70.7 Å². The second-order valence-electron chi connectivity index (χ2n) is 5.36. The van der Waals surface area contributed by atoms with E-state index in [4.69, 9.17) is 0 Å². The Balaban J connectivity index is 1.85. The molecule has 0 bridgehead atoms. The molecule has 0 aliphatic rings. The molecule has 0 aliphatic heterocycles. The van der Waals surface area contributed by atoms with Crippen molar-refractivity contribution in [1.82, 2.24) is 15.2 Å². The smallest absolute Gasteiger partial charge is 0.257 e. The lowest BCUT2D eigenvalue weighted by molar-refractivity contribution is 0.102. The third-order valence-corrected chi connectivity index (χ3v) is 3.78.